The summed E-state index contributed by atoms with van der Waals surface area (Å²) in [7, 11) is 0. The molecule has 156 valence electrons. The summed E-state index contributed by atoms with van der Waals surface area (Å²) in [4.78, 5) is 29.1. The third-order valence-corrected chi connectivity index (χ3v) is 6.58. The Balaban J connectivity index is 1.54. The van der Waals surface area contributed by atoms with Crippen LogP contribution in [0.3, 0.4) is 0 Å². The smallest absolute Gasteiger partial charge is 0.266 e. The van der Waals surface area contributed by atoms with Gasteiger partial charge in [-0.3, -0.25) is 14.5 Å². The fourth-order valence-electron chi connectivity index (χ4n) is 3.75. The van der Waals surface area contributed by atoms with E-state index in [-0.39, 0.29) is 30.3 Å². The summed E-state index contributed by atoms with van der Waals surface area (Å²) in [5.41, 5.74) is 0.612. The molecule has 2 saturated heterocycles. The van der Waals surface area contributed by atoms with Crippen molar-refractivity contribution in [3.8, 4) is 0 Å². The van der Waals surface area contributed by atoms with Crippen molar-refractivity contribution in [2.24, 2.45) is 0 Å². The number of aliphatic hydroxyl groups is 1. The Bertz CT molecular complexity index is 813. The van der Waals surface area contributed by atoms with Crippen LogP contribution in [0, 0.1) is 5.82 Å². The first-order chi connectivity index (χ1) is 14.0. The molecule has 0 bridgehead atoms. The second-order valence-electron chi connectivity index (χ2n) is 7.24. The Hall–Kier alpha value is -1.77. The number of halogens is 1. The molecule has 2 amide bonds. The van der Waals surface area contributed by atoms with Gasteiger partial charge >= 0.3 is 0 Å². The molecule has 0 aromatic heterocycles. The molecule has 1 atom stereocenters. The number of hydrogen-bond acceptors (Lipinski definition) is 5. The van der Waals surface area contributed by atoms with E-state index in [0.29, 0.717) is 40.6 Å². The predicted octanol–water partition coefficient (Wildman–Crippen LogP) is 3.57. The average Bonchev–Trinajstić information content (AvgIpc) is 2.96. The van der Waals surface area contributed by atoms with Crippen LogP contribution >= 0.6 is 24.0 Å². The van der Waals surface area contributed by atoms with E-state index in [1.165, 1.54) is 28.8 Å². The fraction of sp³-hybridized carbons (Fsp3) is 0.476. The van der Waals surface area contributed by atoms with E-state index >= 15 is 0 Å². The highest BCUT2D eigenvalue weighted by molar-refractivity contribution is 8.26. The van der Waals surface area contributed by atoms with Crippen LogP contribution in [0.5, 0.6) is 0 Å². The van der Waals surface area contributed by atoms with Crippen molar-refractivity contribution >= 4 is 46.2 Å². The van der Waals surface area contributed by atoms with Gasteiger partial charge in [0.1, 0.15) is 10.1 Å². The number of thiocarbonyl (C=S) groups is 1. The molecule has 8 heteroatoms. The minimum atomic E-state index is -0.357. The van der Waals surface area contributed by atoms with Gasteiger partial charge in [-0.1, -0.05) is 36.1 Å². The zero-order chi connectivity index (χ0) is 20.8. The lowest BCUT2D eigenvalue weighted by molar-refractivity contribution is -0.135. The normalized spacial score (nSPS) is 21.3. The molecule has 2 aliphatic rings. The van der Waals surface area contributed by atoms with Crippen LogP contribution in [-0.4, -0.2) is 56.8 Å². The van der Waals surface area contributed by atoms with E-state index in [9.17, 15) is 19.1 Å². The topological polar surface area (TPSA) is 60.9 Å². The maximum absolute atomic E-state index is 13.4. The number of rotatable bonds is 7. The third-order valence-electron chi connectivity index (χ3n) is 5.20. The van der Waals surface area contributed by atoms with Gasteiger partial charge in [-0.05, 0) is 55.9 Å². The molecule has 2 heterocycles. The van der Waals surface area contributed by atoms with Crippen LogP contribution < -0.4 is 0 Å². The van der Waals surface area contributed by atoms with Crippen molar-refractivity contribution in [3.05, 3.63) is 40.6 Å². The molecule has 0 unspecified atom stereocenters. The zero-order valence-corrected chi connectivity index (χ0v) is 17.8. The summed E-state index contributed by atoms with van der Waals surface area (Å²) in [6.07, 6.45) is 6.15. The van der Waals surface area contributed by atoms with Gasteiger partial charge < -0.3 is 10.0 Å². The summed E-state index contributed by atoms with van der Waals surface area (Å²) in [6, 6.07) is 6.17. The van der Waals surface area contributed by atoms with E-state index in [1.54, 1.807) is 18.2 Å². The Kier molecular flexibility index (Phi) is 7.80. The standard InChI is InChI=1S/C21H25FN2O3S2/c22-16-6-3-5-15(13-16)14-18-20(27)24(21(28)29-18)11-4-8-19(26)23-10-2-1-7-17(23)9-12-25/h3,5-6,13-14,17,25H,1-2,4,7-12H2/b18-14-/t17-/m1/s1. The molecule has 2 fully saturated rings. The summed E-state index contributed by atoms with van der Waals surface area (Å²) in [5.74, 6) is -0.485. The number of carbonyl (C=O) groups is 2. The van der Waals surface area contributed by atoms with E-state index in [0.717, 1.165) is 25.8 Å². The molecule has 5 nitrogen and oxygen atoms in total. The SMILES string of the molecule is O=C1/C(=C/c2cccc(F)c2)SC(=S)N1CCCC(=O)N1CCCC[C@@H]1CCO. The number of piperidine rings is 1. The van der Waals surface area contributed by atoms with Crippen LogP contribution in [0.2, 0.25) is 0 Å². The molecule has 29 heavy (non-hydrogen) atoms. The number of aliphatic hydroxyl groups excluding tert-OH is 1. The lowest BCUT2D eigenvalue weighted by atomic mass is 9.99. The van der Waals surface area contributed by atoms with E-state index in [4.69, 9.17) is 12.2 Å². The van der Waals surface area contributed by atoms with Crippen molar-refractivity contribution in [1.29, 1.82) is 0 Å². The van der Waals surface area contributed by atoms with E-state index in [2.05, 4.69) is 0 Å². The van der Waals surface area contributed by atoms with Gasteiger partial charge in [0.2, 0.25) is 5.91 Å². The van der Waals surface area contributed by atoms with Crippen molar-refractivity contribution in [3.63, 3.8) is 0 Å². The molecular formula is C21H25FN2O3S2. The molecule has 0 radical (unpaired) electrons. The van der Waals surface area contributed by atoms with Gasteiger partial charge in [-0.15, -0.1) is 0 Å². The average molecular weight is 437 g/mol. The number of hydrogen-bond donors (Lipinski definition) is 1. The van der Waals surface area contributed by atoms with Gasteiger partial charge in [0.15, 0.2) is 0 Å². The lowest BCUT2D eigenvalue weighted by Gasteiger charge is -2.35. The number of nitrogens with zero attached hydrogens (tertiary/aromatic N) is 2. The van der Waals surface area contributed by atoms with E-state index in [1.807, 2.05) is 4.90 Å². The molecule has 0 spiro atoms. The van der Waals surface area contributed by atoms with Gasteiger partial charge in [-0.2, -0.15) is 0 Å². The quantitative estimate of drug-likeness (QED) is 0.523. The maximum atomic E-state index is 13.4. The lowest BCUT2D eigenvalue weighted by Crippen LogP contribution is -2.44. The minimum absolute atomic E-state index is 0.0730. The fourth-order valence-corrected chi connectivity index (χ4v) is 5.06. The van der Waals surface area contributed by atoms with Gasteiger partial charge in [0.05, 0.1) is 4.91 Å². The molecular weight excluding hydrogens is 411 g/mol. The second-order valence-corrected chi connectivity index (χ2v) is 8.92. The Morgan fingerprint density at radius 3 is 2.97 bits per heavy atom. The van der Waals surface area contributed by atoms with Crippen molar-refractivity contribution in [1.82, 2.24) is 9.80 Å². The molecule has 2 aliphatic heterocycles. The molecule has 0 saturated carbocycles. The number of thioether (sulfide) groups is 1. The molecule has 0 aliphatic carbocycles. The first kappa shape index (κ1) is 21.9. The van der Waals surface area contributed by atoms with Crippen LogP contribution in [0.25, 0.3) is 6.08 Å². The van der Waals surface area contributed by atoms with Gasteiger partial charge in [-0.25, -0.2) is 4.39 Å². The number of benzene rings is 1. The number of carbonyl (C=O) groups excluding carboxylic acids is 2. The van der Waals surface area contributed by atoms with Crippen LogP contribution in [0.4, 0.5) is 4.39 Å². The van der Waals surface area contributed by atoms with Gasteiger partial charge in [0, 0.05) is 32.2 Å². The highest BCUT2D eigenvalue weighted by Crippen LogP contribution is 2.33. The van der Waals surface area contributed by atoms with Gasteiger partial charge in [0.25, 0.3) is 5.91 Å². The first-order valence-electron chi connectivity index (χ1n) is 9.91. The molecule has 1 N–H and O–H groups in total. The number of amides is 2. The Morgan fingerprint density at radius 1 is 1.38 bits per heavy atom. The van der Waals surface area contributed by atoms with Crippen LogP contribution in [0.15, 0.2) is 29.2 Å². The summed E-state index contributed by atoms with van der Waals surface area (Å²) < 4.78 is 13.8. The molecule has 3 rings (SSSR count). The highest BCUT2D eigenvalue weighted by atomic mass is 32.2. The molecule has 1 aromatic carbocycles. The number of likely N-dealkylation sites (tertiary alicyclic amines) is 1. The minimum Gasteiger partial charge on any atom is -0.396 e. The van der Waals surface area contributed by atoms with Crippen molar-refractivity contribution in [2.45, 2.75) is 44.6 Å². The third kappa shape index (κ3) is 5.65. The Labute approximate surface area is 179 Å². The van der Waals surface area contributed by atoms with Crippen molar-refractivity contribution in [2.75, 3.05) is 19.7 Å². The Morgan fingerprint density at radius 2 is 2.21 bits per heavy atom. The van der Waals surface area contributed by atoms with Crippen molar-refractivity contribution < 1.29 is 19.1 Å². The van der Waals surface area contributed by atoms with E-state index < -0.39 is 0 Å². The highest BCUT2D eigenvalue weighted by Gasteiger charge is 2.32. The molecule has 1 aromatic rings. The van der Waals surface area contributed by atoms with Crippen LogP contribution in [-0.2, 0) is 9.59 Å². The summed E-state index contributed by atoms with van der Waals surface area (Å²) in [6.45, 7) is 1.21. The zero-order valence-electron chi connectivity index (χ0n) is 16.2. The second kappa shape index (κ2) is 10.3. The largest absolute Gasteiger partial charge is 0.396 e. The monoisotopic (exact) mass is 436 g/mol. The van der Waals surface area contributed by atoms with Crippen LogP contribution in [0.1, 0.15) is 44.1 Å². The first-order valence-corrected chi connectivity index (χ1v) is 11.1. The summed E-state index contributed by atoms with van der Waals surface area (Å²) >= 11 is 6.52. The predicted molar refractivity (Wildman–Crippen MR) is 117 cm³/mol. The maximum Gasteiger partial charge on any atom is 0.266 e. The summed E-state index contributed by atoms with van der Waals surface area (Å²) in [5, 5.41) is 9.22.